The van der Waals surface area contributed by atoms with Gasteiger partial charge in [-0.1, -0.05) is 38.1 Å². The van der Waals surface area contributed by atoms with Gasteiger partial charge in [0.25, 0.3) is 0 Å². The van der Waals surface area contributed by atoms with Gasteiger partial charge in [-0.05, 0) is 62.5 Å². The van der Waals surface area contributed by atoms with E-state index in [-0.39, 0.29) is 0 Å². The predicted molar refractivity (Wildman–Crippen MR) is 82.4 cm³/mol. The van der Waals surface area contributed by atoms with E-state index in [2.05, 4.69) is 48.3 Å². The van der Waals surface area contributed by atoms with Crippen molar-refractivity contribution in [2.24, 2.45) is 5.92 Å². The van der Waals surface area contributed by atoms with Crippen LogP contribution in [0.4, 0.5) is 0 Å². The lowest BCUT2D eigenvalue weighted by Gasteiger charge is -2.31. The molecular weight excluding hydrogens is 232 g/mol. The highest BCUT2D eigenvalue weighted by Gasteiger charge is 2.17. The number of rotatable bonds is 6. The number of nitrogens with zero attached hydrogens (tertiary/aromatic N) is 1. The molecule has 0 bridgehead atoms. The molecule has 1 aromatic carbocycles. The Morgan fingerprint density at radius 2 is 1.68 bits per heavy atom. The maximum atomic E-state index is 3.62. The molecule has 1 aromatic rings. The molecule has 0 unspecified atom stereocenters. The number of hydrogen-bond donors (Lipinski definition) is 1. The summed E-state index contributed by atoms with van der Waals surface area (Å²) in [6.45, 7) is 10.4. The fourth-order valence-corrected chi connectivity index (χ4v) is 2.82. The van der Waals surface area contributed by atoms with Gasteiger partial charge in [0.1, 0.15) is 0 Å². The SMILES string of the molecule is CCc1ccc(CNCC2CCN(CC)CC2)cc1. The quantitative estimate of drug-likeness (QED) is 0.845. The minimum atomic E-state index is 0.873. The predicted octanol–water partition coefficient (Wildman–Crippen LogP) is 3.07. The van der Waals surface area contributed by atoms with Crippen molar-refractivity contribution < 1.29 is 0 Å². The smallest absolute Gasteiger partial charge is 0.0205 e. The monoisotopic (exact) mass is 260 g/mol. The van der Waals surface area contributed by atoms with Crippen molar-refractivity contribution in [3.63, 3.8) is 0 Å². The van der Waals surface area contributed by atoms with Crippen LogP contribution in [0.15, 0.2) is 24.3 Å². The Labute approximate surface area is 118 Å². The Balaban J connectivity index is 1.66. The zero-order valence-electron chi connectivity index (χ0n) is 12.5. The summed E-state index contributed by atoms with van der Waals surface area (Å²) >= 11 is 0. The van der Waals surface area contributed by atoms with E-state index in [9.17, 15) is 0 Å². The lowest BCUT2D eigenvalue weighted by atomic mass is 9.97. The van der Waals surface area contributed by atoms with Crippen LogP contribution >= 0.6 is 0 Å². The van der Waals surface area contributed by atoms with Crippen LogP contribution in [0.3, 0.4) is 0 Å². The number of likely N-dealkylation sites (tertiary alicyclic amines) is 1. The molecule has 2 heteroatoms. The summed E-state index contributed by atoms with van der Waals surface area (Å²) in [5.74, 6) is 0.873. The summed E-state index contributed by atoms with van der Waals surface area (Å²) in [5.41, 5.74) is 2.83. The molecule has 0 aliphatic carbocycles. The van der Waals surface area contributed by atoms with E-state index in [1.807, 2.05) is 0 Å². The second-order valence-electron chi connectivity index (χ2n) is 5.68. The molecule has 1 aliphatic heterocycles. The summed E-state index contributed by atoms with van der Waals surface area (Å²) in [6.07, 6.45) is 3.84. The van der Waals surface area contributed by atoms with E-state index in [4.69, 9.17) is 0 Å². The van der Waals surface area contributed by atoms with Crippen LogP contribution in [-0.4, -0.2) is 31.1 Å². The van der Waals surface area contributed by atoms with Gasteiger partial charge >= 0.3 is 0 Å². The highest BCUT2D eigenvalue weighted by molar-refractivity contribution is 5.22. The Hall–Kier alpha value is -0.860. The lowest BCUT2D eigenvalue weighted by Crippen LogP contribution is -2.36. The first kappa shape index (κ1) is 14.5. The van der Waals surface area contributed by atoms with Crippen LogP contribution in [-0.2, 0) is 13.0 Å². The van der Waals surface area contributed by atoms with Crippen molar-refractivity contribution in [1.82, 2.24) is 10.2 Å². The molecule has 1 heterocycles. The van der Waals surface area contributed by atoms with E-state index in [0.29, 0.717) is 0 Å². The molecule has 2 rings (SSSR count). The zero-order valence-corrected chi connectivity index (χ0v) is 12.5. The molecule has 0 aromatic heterocycles. The third-order valence-corrected chi connectivity index (χ3v) is 4.35. The molecule has 19 heavy (non-hydrogen) atoms. The van der Waals surface area contributed by atoms with Crippen molar-refractivity contribution in [3.05, 3.63) is 35.4 Å². The lowest BCUT2D eigenvalue weighted by molar-refractivity contribution is 0.190. The normalized spacial score (nSPS) is 17.8. The molecule has 1 fully saturated rings. The second-order valence-corrected chi connectivity index (χ2v) is 5.68. The van der Waals surface area contributed by atoms with Crippen molar-refractivity contribution >= 4 is 0 Å². The first-order chi connectivity index (χ1) is 9.31. The molecule has 0 atom stereocenters. The van der Waals surface area contributed by atoms with Gasteiger partial charge in [0.15, 0.2) is 0 Å². The first-order valence-corrected chi connectivity index (χ1v) is 7.82. The van der Waals surface area contributed by atoms with Gasteiger partial charge in [-0.3, -0.25) is 0 Å². The van der Waals surface area contributed by atoms with E-state index in [1.165, 1.54) is 50.1 Å². The average Bonchev–Trinajstić information content (AvgIpc) is 2.49. The molecular formula is C17H28N2. The van der Waals surface area contributed by atoms with Crippen molar-refractivity contribution in [3.8, 4) is 0 Å². The van der Waals surface area contributed by atoms with Crippen LogP contribution in [0.2, 0.25) is 0 Å². The van der Waals surface area contributed by atoms with Gasteiger partial charge in [0.05, 0.1) is 0 Å². The van der Waals surface area contributed by atoms with Crippen molar-refractivity contribution in [2.75, 3.05) is 26.2 Å². The van der Waals surface area contributed by atoms with Crippen molar-refractivity contribution in [1.29, 1.82) is 0 Å². The Kier molecular flexibility index (Phi) is 5.87. The third kappa shape index (κ3) is 4.63. The van der Waals surface area contributed by atoms with Gasteiger partial charge in [-0.2, -0.15) is 0 Å². The average molecular weight is 260 g/mol. The summed E-state index contributed by atoms with van der Waals surface area (Å²) in [7, 11) is 0. The Morgan fingerprint density at radius 3 is 2.26 bits per heavy atom. The van der Waals surface area contributed by atoms with Crippen LogP contribution < -0.4 is 5.32 Å². The largest absolute Gasteiger partial charge is 0.312 e. The summed E-state index contributed by atoms with van der Waals surface area (Å²) in [6, 6.07) is 9.00. The number of benzene rings is 1. The van der Waals surface area contributed by atoms with Crippen LogP contribution in [0, 0.1) is 5.92 Å². The van der Waals surface area contributed by atoms with E-state index < -0.39 is 0 Å². The van der Waals surface area contributed by atoms with Crippen LogP contribution in [0.5, 0.6) is 0 Å². The fraction of sp³-hybridized carbons (Fsp3) is 0.647. The Bertz CT molecular complexity index is 350. The summed E-state index contributed by atoms with van der Waals surface area (Å²) in [5, 5.41) is 3.62. The molecule has 0 spiro atoms. The molecule has 1 N–H and O–H groups in total. The first-order valence-electron chi connectivity index (χ1n) is 7.82. The minimum Gasteiger partial charge on any atom is -0.312 e. The molecule has 1 aliphatic rings. The third-order valence-electron chi connectivity index (χ3n) is 4.35. The van der Waals surface area contributed by atoms with Gasteiger partial charge in [-0.15, -0.1) is 0 Å². The maximum Gasteiger partial charge on any atom is 0.0205 e. The summed E-state index contributed by atoms with van der Waals surface area (Å²) < 4.78 is 0. The molecule has 106 valence electrons. The molecule has 1 saturated heterocycles. The highest BCUT2D eigenvalue weighted by atomic mass is 15.1. The van der Waals surface area contributed by atoms with E-state index in [0.717, 1.165) is 18.9 Å². The molecule has 0 radical (unpaired) electrons. The van der Waals surface area contributed by atoms with Gasteiger partial charge in [-0.25, -0.2) is 0 Å². The molecule has 0 saturated carbocycles. The van der Waals surface area contributed by atoms with Gasteiger partial charge < -0.3 is 10.2 Å². The van der Waals surface area contributed by atoms with Crippen LogP contribution in [0.1, 0.15) is 37.8 Å². The van der Waals surface area contributed by atoms with Gasteiger partial charge in [0, 0.05) is 6.54 Å². The molecule has 0 amide bonds. The standard InChI is InChI=1S/C17H28N2/c1-3-15-5-7-16(8-6-15)13-18-14-17-9-11-19(4-2)12-10-17/h5-8,17-18H,3-4,9-14H2,1-2H3. The van der Waals surface area contributed by atoms with E-state index in [1.54, 1.807) is 0 Å². The minimum absolute atomic E-state index is 0.873. The topological polar surface area (TPSA) is 15.3 Å². The maximum absolute atomic E-state index is 3.62. The number of aryl methyl sites for hydroxylation is 1. The second kappa shape index (κ2) is 7.66. The van der Waals surface area contributed by atoms with Crippen LogP contribution in [0.25, 0.3) is 0 Å². The molecule has 2 nitrogen and oxygen atoms in total. The number of piperidine rings is 1. The number of nitrogens with one attached hydrogen (secondary N) is 1. The highest BCUT2D eigenvalue weighted by Crippen LogP contribution is 2.16. The number of hydrogen-bond acceptors (Lipinski definition) is 2. The zero-order chi connectivity index (χ0) is 13.5. The summed E-state index contributed by atoms with van der Waals surface area (Å²) in [4.78, 5) is 2.56. The van der Waals surface area contributed by atoms with Gasteiger partial charge in [0.2, 0.25) is 0 Å². The van der Waals surface area contributed by atoms with Crippen molar-refractivity contribution in [2.45, 2.75) is 39.7 Å². The van der Waals surface area contributed by atoms with E-state index >= 15 is 0 Å². The fourth-order valence-electron chi connectivity index (χ4n) is 2.82. The Morgan fingerprint density at radius 1 is 1.05 bits per heavy atom.